The van der Waals surface area contributed by atoms with Crippen LogP contribution in [0, 0.1) is 0 Å². The predicted octanol–water partition coefficient (Wildman–Crippen LogP) is 0.922. The molecule has 0 saturated carbocycles. The maximum atomic E-state index is 12.8. The van der Waals surface area contributed by atoms with Gasteiger partial charge < -0.3 is 10.2 Å². The van der Waals surface area contributed by atoms with Crippen LogP contribution in [0.2, 0.25) is 5.02 Å². The van der Waals surface area contributed by atoms with Crippen LogP contribution in [0.1, 0.15) is 43.0 Å². The largest absolute Gasteiger partial charge is 0.346 e. The molecule has 0 radical (unpaired) electrons. The standard InChI is InChI=1S/C18H26ClN3O3S/c1-2-21-9-5-6-15(21)13-20-18(23)14-7-8-16(19)17(12-14)26(24,25)22-10-3-4-11-22/h7-8,12,15H,2-6,9-11,13H2,1H3,(H,20,23)/p+1/t15-/m1/s1. The first-order valence-electron chi connectivity index (χ1n) is 9.36. The average Bonchev–Trinajstić information content (AvgIpc) is 3.31. The van der Waals surface area contributed by atoms with Gasteiger partial charge in [0.1, 0.15) is 10.9 Å². The van der Waals surface area contributed by atoms with Crippen molar-refractivity contribution in [1.82, 2.24) is 9.62 Å². The summed E-state index contributed by atoms with van der Waals surface area (Å²) in [7, 11) is -3.65. The second-order valence-electron chi connectivity index (χ2n) is 7.07. The Balaban J connectivity index is 1.73. The van der Waals surface area contributed by atoms with Crippen LogP contribution < -0.4 is 10.2 Å². The molecule has 1 aromatic rings. The molecule has 2 aliphatic heterocycles. The smallest absolute Gasteiger partial charge is 0.251 e. The number of halogens is 1. The lowest BCUT2D eigenvalue weighted by Gasteiger charge is -2.20. The average molecular weight is 401 g/mol. The Morgan fingerprint density at radius 2 is 2.04 bits per heavy atom. The summed E-state index contributed by atoms with van der Waals surface area (Å²) in [6.45, 7) is 5.98. The van der Waals surface area contributed by atoms with Gasteiger partial charge in [0.2, 0.25) is 10.0 Å². The second kappa shape index (κ2) is 8.25. The molecule has 0 aromatic heterocycles. The molecule has 1 unspecified atom stereocenters. The highest BCUT2D eigenvalue weighted by Gasteiger charge is 2.30. The molecule has 0 spiro atoms. The number of likely N-dealkylation sites (N-methyl/N-ethyl adjacent to an activating group) is 1. The molecule has 6 nitrogen and oxygen atoms in total. The summed E-state index contributed by atoms with van der Waals surface area (Å²) in [5.41, 5.74) is 0.336. The molecule has 2 saturated heterocycles. The molecule has 3 rings (SSSR count). The van der Waals surface area contributed by atoms with Gasteiger partial charge in [-0.25, -0.2) is 8.42 Å². The summed E-state index contributed by atoms with van der Waals surface area (Å²) in [5.74, 6) is -0.248. The normalized spacial score (nSPS) is 24.1. The third-order valence-corrected chi connectivity index (χ3v) is 7.85. The van der Waals surface area contributed by atoms with Crippen molar-refractivity contribution < 1.29 is 18.1 Å². The van der Waals surface area contributed by atoms with Crippen LogP contribution in [0.25, 0.3) is 0 Å². The summed E-state index contributed by atoms with van der Waals surface area (Å²) in [6.07, 6.45) is 4.00. The fourth-order valence-electron chi connectivity index (χ4n) is 3.92. The maximum absolute atomic E-state index is 12.8. The molecular formula is C18H27ClN3O3S+. The lowest BCUT2D eigenvalue weighted by atomic mass is 10.2. The molecule has 26 heavy (non-hydrogen) atoms. The highest BCUT2D eigenvalue weighted by atomic mass is 35.5. The Kier molecular flexibility index (Phi) is 6.22. The first-order valence-corrected chi connectivity index (χ1v) is 11.2. The Bertz CT molecular complexity index is 763. The van der Waals surface area contributed by atoms with Crippen molar-refractivity contribution in [3.63, 3.8) is 0 Å². The zero-order valence-corrected chi connectivity index (χ0v) is 16.7. The Morgan fingerprint density at radius 1 is 1.31 bits per heavy atom. The number of rotatable bonds is 6. The van der Waals surface area contributed by atoms with Crippen molar-refractivity contribution in [2.45, 2.75) is 43.5 Å². The van der Waals surface area contributed by atoms with Crippen molar-refractivity contribution in [2.24, 2.45) is 0 Å². The summed E-state index contributed by atoms with van der Waals surface area (Å²) >= 11 is 6.14. The topological polar surface area (TPSA) is 70.9 Å². The van der Waals surface area contributed by atoms with Crippen LogP contribution in [0.3, 0.4) is 0 Å². The van der Waals surface area contributed by atoms with E-state index in [1.54, 1.807) is 6.07 Å². The first-order chi connectivity index (χ1) is 12.4. The van der Waals surface area contributed by atoms with Crippen LogP contribution in [-0.4, -0.2) is 57.4 Å². The van der Waals surface area contributed by atoms with Gasteiger partial charge in [-0.15, -0.1) is 0 Å². The summed E-state index contributed by atoms with van der Waals surface area (Å²) in [4.78, 5) is 14.1. The van der Waals surface area contributed by atoms with Gasteiger partial charge in [-0.05, 0) is 38.0 Å². The van der Waals surface area contributed by atoms with E-state index < -0.39 is 10.0 Å². The van der Waals surface area contributed by atoms with E-state index in [1.165, 1.54) is 27.8 Å². The minimum absolute atomic E-state index is 0.0235. The van der Waals surface area contributed by atoms with Gasteiger partial charge in [0.15, 0.2) is 0 Å². The molecule has 8 heteroatoms. The quantitative estimate of drug-likeness (QED) is 0.746. The lowest BCUT2D eigenvalue weighted by molar-refractivity contribution is -0.909. The molecule has 2 heterocycles. The summed E-state index contributed by atoms with van der Waals surface area (Å²) in [6, 6.07) is 4.92. The fourth-order valence-corrected chi connectivity index (χ4v) is 5.94. The molecular weight excluding hydrogens is 374 g/mol. The van der Waals surface area contributed by atoms with Crippen molar-refractivity contribution in [2.75, 3.05) is 32.7 Å². The Labute approximate surface area is 160 Å². The van der Waals surface area contributed by atoms with E-state index in [1.807, 2.05) is 0 Å². The number of nitrogens with one attached hydrogen (secondary N) is 2. The van der Waals surface area contributed by atoms with Crippen LogP contribution in [0.5, 0.6) is 0 Å². The third-order valence-electron chi connectivity index (χ3n) is 5.47. The van der Waals surface area contributed by atoms with E-state index in [0.717, 1.165) is 32.4 Å². The number of amides is 1. The second-order valence-corrected chi connectivity index (χ2v) is 9.38. The van der Waals surface area contributed by atoms with Gasteiger partial charge in [-0.1, -0.05) is 11.6 Å². The number of hydrogen-bond donors (Lipinski definition) is 2. The number of hydrogen-bond acceptors (Lipinski definition) is 3. The maximum Gasteiger partial charge on any atom is 0.251 e. The number of benzene rings is 1. The van der Waals surface area contributed by atoms with E-state index >= 15 is 0 Å². The summed E-state index contributed by atoms with van der Waals surface area (Å²) < 4.78 is 27.0. The monoisotopic (exact) mass is 400 g/mol. The molecule has 0 bridgehead atoms. The SMILES string of the molecule is CC[NH+]1CCC[C@@H]1CNC(=O)c1ccc(Cl)c(S(=O)(=O)N2CCCC2)c1. The lowest BCUT2D eigenvalue weighted by Crippen LogP contribution is -3.14. The molecule has 2 N–H and O–H groups in total. The number of sulfonamides is 1. The summed E-state index contributed by atoms with van der Waals surface area (Å²) in [5, 5.41) is 3.12. The minimum Gasteiger partial charge on any atom is -0.346 e. The molecule has 1 aromatic carbocycles. The third kappa shape index (κ3) is 4.06. The van der Waals surface area contributed by atoms with E-state index in [2.05, 4.69) is 12.2 Å². The predicted molar refractivity (Wildman–Crippen MR) is 101 cm³/mol. The van der Waals surface area contributed by atoms with E-state index in [4.69, 9.17) is 11.6 Å². The van der Waals surface area contributed by atoms with Crippen LogP contribution in [0.15, 0.2) is 23.1 Å². The van der Waals surface area contributed by atoms with E-state index in [-0.39, 0.29) is 15.8 Å². The van der Waals surface area contributed by atoms with Gasteiger partial charge in [0, 0.05) is 31.5 Å². The fraction of sp³-hybridized carbons (Fsp3) is 0.611. The number of nitrogens with zero attached hydrogens (tertiary/aromatic N) is 1. The Morgan fingerprint density at radius 3 is 2.73 bits per heavy atom. The molecule has 144 valence electrons. The first kappa shape index (κ1) is 19.6. The molecule has 2 atom stereocenters. The number of carbonyl (C=O) groups is 1. The van der Waals surface area contributed by atoms with Gasteiger partial charge in [0.05, 0.1) is 24.7 Å². The van der Waals surface area contributed by atoms with Crippen molar-refractivity contribution >= 4 is 27.5 Å². The minimum atomic E-state index is -3.65. The van der Waals surface area contributed by atoms with Gasteiger partial charge >= 0.3 is 0 Å². The zero-order valence-electron chi connectivity index (χ0n) is 15.1. The van der Waals surface area contributed by atoms with Crippen LogP contribution in [0.4, 0.5) is 0 Å². The van der Waals surface area contributed by atoms with Crippen LogP contribution in [-0.2, 0) is 10.0 Å². The number of likely N-dealkylation sites (tertiary alicyclic amines) is 1. The van der Waals surface area contributed by atoms with Crippen LogP contribution >= 0.6 is 11.6 Å². The van der Waals surface area contributed by atoms with Gasteiger partial charge in [0.25, 0.3) is 5.91 Å². The van der Waals surface area contributed by atoms with Gasteiger partial charge in [-0.3, -0.25) is 4.79 Å². The molecule has 0 aliphatic carbocycles. The highest BCUT2D eigenvalue weighted by molar-refractivity contribution is 7.89. The number of carbonyl (C=O) groups excluding carboxylic acids is 1. The molecule has 2 aliphatic rings. The van der Waals surface area contributed by atoms with E-state index in [9.17, 15) is 13.2 Å². The zero-order chi connectivity index (χ0) is 18.7. The molecule has 2 fully saturated rings. The van der Waals surface area contributed by atoms with Crippen molar-refractivity contribution in [3.05, 3.63) is 28.8 Å². The number of quaternary nitrogens is 1. The van der Waals surface area contributed by atoms with Crippen molar-refractivity contribution in [1.29, 1.82) is 0 Å². The van der Waals surface area contributed by atoms with E-state index in [0.29, 0.717) is 31.2 Å². The van der Waals surface area contributed by atoms with Crippen molar-refractivity contribution in [3.8, 4) is 0 Å². The molecule has 1 amide bonds. The highest BCUT2D eigenvalue weighted by Crippen LogP contribution is 2.28. The van der Waals surface area contributed by atoms with Gasteiger partial charge in [-0.2, -0.15) is 4.31 Å². The Hall–Kier alpha value is -1.15.